The quantitative estimate of drug-likeness (QED) is 0.381. The normalized spacial score (nSPS) is 11.8. The summed E-state index contributed by atoms with van der Waals surface area (Å²) in [5.41, 5.74) is 1.43. The summed E-state index contributed by atoms with van der Waals surface area (Å²) in [5, 5.41) is 3.06. The van der Waals surface area contributed by atoms with Crippen LogP contribution >= 0.6 is 0 Å². The van der Waals surface area contributed by atoms with Gasteiger partial charge in [0.05, 0.1) is 13.7 Å². The molecule has 2 N–H and O–H groups in total. The van der Waals surface area contributed by atoms with Gasteiger partial charge in [0.1, 0.15) is 10.7 Å². The van der Waals surface area contributed by atoms with E-state index in [-0.39, 0.29) is 34.9 Å². The highest BCUT2D eigenvalue weighted by Crippen LogP contribution is 2.31. The van der Waals surface area contributed by atoms with E-state index < -0.39 is 15.9 Å². The fourth-order valence-corrected chi connectivity index (χ4v) is 4.74. The number of nitrogens with one attached hydrogen (secondary N) is 2. The van der Waals surface area contributed by atoms with E-state index in [9.17, 15) is 17.2 Å². The van der Waals surface area contributed by atoms with Gasteiger partial charge in [-0.25, -0.2) is 26.9 Å². The standard InChI is InChI=1S/C25H29F2N3O4S/c1-5-34-22-13-18(10-11-21(22)33-4)15-29-24-23(12-17(2)14-28-24)35(31,32)30-16-19-8-6-7-9-20(19)25(3,26)27/h6-14,30H,5,15-16H2,1-4H3,(H,28,29). The molecule has 10 heteroatoms. The maximum absolute atomic E-state index is 13.9. The number of rotatable bonds is 11. The molecule has 0 aliphatic heterocycles. The molecule has 1 aromatic heterocycles. The molecule has 0 saturated heterocycles. The number of anilines is 1. The van der Waals surface area contributed by atoms with Crippen molar-refractivity contribution in [2.75, 3.05) is 19.0 Å². The molecule has 0 radical (unpaired) electrons. The molecule has 0 spiro atoms. The van der Waals surface area contributed by atoms with Gasteiger partial charge in [-0.15, -0.1) is 0 Å². The van der Waals surface area contributed by atoms with Gasteiger partial charge in [-0.2, -0.15) is 0 Å². The minimum absolute atomic E-state index is 0.0724. The average molecular weight is 506 g/mol. The van der Waals surface area contributed by atoms with E-state index in [4.69, 9.17) is 9.47 Å². The number of hydrogen-bond donors (Lipinski definition) is 2. The summed E-state index contributed by atoms with van der Waals surface area (Å²) in [7, 11) is -2.52. The largest absolute Gasteiger partial charge is 0.493 e. The van der Waals surface area contributed by atoms with Crippen molar-refractivity contribution in [2.24, 2.45) is 0 Å². The third-order valence-corrected chi connectivity index (χ3v) is 6.62. The van der Waals surface area contributed by atoms with Crippen LogP contribution in [-0.2, 0) is 29.0 Å². The SMILES string of the molecule is CCOc1cc(CNc2ncc(C)cc2S(=O)(=O)NCc2ccccc2C(C)(F)F)ccc1OC. The maximum Gasteiger partial charge on any atom is 0.270 e. The first-order valence-electron chi connectivity index (χ1n) is 11.0. The summed E-state index contributed by atoms with van der Waals surface area (Å²) >= 11 is 0. The third-order valence-electron chi connectivity index (χ3n) is 5.21. The van der Waals surface area contributed by atoms with Gasteiger partial charge in [-0.3, -0.25) is 0 Å². The van der Waals surface area contributed by atoms with Crippen LogP contribution in [-0.4, -0.2) is 27.1 Å². The lowest BCUT2D eigenvalue weighted by molar-refractivity contribution is 0.0165. The van der Waals surface area contributed by atoms with Crippen LogP contribution in [0.1, 0.15) is 36.1 Å². The summed E-state index contributed by atoms with van der Waals surface area (Å²) < 4.78 is 67.5. The van der Waals surface area contributed by atoms with Crippen molar-refractivity contribution in [3.05, 3.63) is 77.0 Å². The minimum atomic E-state index is -4.07. The van der Waals surface area contributed by atoms with Crippen LogP contribution in [0.15, 0.2) is 59.6 Å². The van der Waals surface area contributed by atoms with Gasteiger partial charge in [0.25, 0.3) is 5.92 Å². The summed E-state index contributed by atoms with van der Waals surface area (Å²) in [4.78, 5) is 4.19. The maximum atomic E-state index is 13.9. The van der Waals surface area contributed by atoms with Gasteiger partial charge in [-0.1, -0.05) is 30.3 Å². The first-order valence-corrected chi connectivity index (χ1v) is 12.5. The molecule has 0 bridgehead atoms. The zero-order valence-corrected chi connectivity index (χ0v) is 20.9. The number of pyridine rings is 1. The topological polar surface area (TPSA) is 89.5 Å². The van der Waals surface area contributed by atoms with E-state index >= 15 is 0 Å². The zero-order chi connectivity index (χ0) is 25.6. The molecule has 0 fully saturated rings. The Bertz CT molecular complexity index is 1280. The zero-order valence-electron chi connectivity index (χ0n) is 20.1. The number of nitrogens with zero attached hydrogens (tertiary/aromatic N) is 1. The smallest absolute Gasteiger partial charge is 0.270 e. The number of hydrogen-bond acceptors (Lipinski definition) is 6. The number of halogens is 2. The van der Waals surface area contributed by atoms with Crippen molar-refractivity contribution in [3.8, 4) is 11.5 Å². The highest BCUT2D eigenvalue weighted by molar-refractivity contribution is 7.89. The van der Waals surface area contributed by atoms with Gasteiger partial charge in [0.15, 0.2) is 11.5 Å². The Hall–Kier alpha value is -3.24. The van der Waals surface area contributed by atoms with Crippen molar-refractivity contribution in [3.63, 3.8) is 0 Å². The Morgan fingerprint density at radius 3 is 2.49 bits per heavy atom. The molecule has 0 atom stereocenters. The first kappa shape index (κ1) is 26.4. The van der Waals surface area contributed by atoms with Crippen LogP contribution in [0.25, 0.3) is 0 Å². The van der Waals surface area contributed by atoms with E-state index in [1.54, 1.807) is 38.4 Å². The second kappa shape index (κ2) is 11.0. The molecule has 0 aliphatic rings. The van der Waals surface area contributed by atoms with E-state index in [0.717, 1.165) is 12.5 Å². The second-order valence-electron chi connectivity index (χ2n) is 8.00. The van der Waals surface area contributed by atoms with Crippen LogP contribution in [0.3, 0.4) is 0 Å². The highest BCUT2D eigenvalue weighted by atomic mass is 32.2. The number of alkyl halides is 2. The lowest BCUT2D eigenvalue weighted by Crippen LogP contribution is -2.26. The molecular formula is C25H29F2N3O4S. The number of methoxy groups -OCH3 is 1. The average Bonchev–Trinajstić information content (AvgIpc) is 2.82. The van der Waals surface area contributed by atoms with Crippen molar-refractivity contribution in [1.82, 2.24) is 9.71 Å². The van der Waals surface area contributed by atoms with Crippen molar-refractivity contribution in [1.29, 1.82) is 0 Å². The Morgan fingerprint density at radius 2 is 1.80 bits per heavy atom. The lowest BCUT2D eigenvalue weighted by Gasteiger charge is -2.17. The van der Waals surface area contributed by atoms with Gasteiger partial charge in [0.2, 0.25) is 10.0 Å². The van der Waals surface area contributed by atoms with Gasteiger partial charge < -0.3 is 14.8 Å². The predicted molar refractivity (Wildman–Crippen MR) is 130 cm³/mol. The summed E-state index contributed by atoms with van der Waals surface area (Å²) in [6.45, 7) is 4.82. The molecule has 0 amide bonds. The molecule has 35 heavy (non-hydrogen) atoms. The molecule has 0 saturated carbocycles. The van der Waals surface area contributed by atoms with Crippen LogP contribution in [0.2, 0.25) is 0 Å². The van der Waals surface area contributed by atoms with E-state index in [2.05, 4.69) is 15.0 Å². The fraction of sp³-hybridized carbons (Fsp3) is 0.320. The summed E-state index contributed by atoms with van der Waals surface area (Å²) in [6, 6.07) is 12.7. The van der Waals surface area contributed by atoms with Crippen molar-refractivity contribution < 1.29 is 26.7 Å². The van der Waals surface area contributed by atoms with Crippen LogP contribution in [0.5, 0.6) is 11.5 Å². The number of aromatic nitrogens is 1. The van der Waals surface area contributed by atoms with Crippen molar-refractivity contribution in [2.45, 2.75) is 44.7 Å². The number of benzene rings is 2. The Kier molecular flexibility index (Phi) is 8.29. The number of sulfonamides is 1. The molecule has 2 aromatic carbocycles. The molecule has 3 rings (SSSR count). The first-order chi connectivity index (χ1) is 16.5. The fourth-order valence-electron chi connectivity index (χ4n) is 3.52. The lowest BCUT2D eigenvalue weighted by atomic mass is 10.0. The van der Waals surface area contributed by atoms with E-state index in [1.165, 1.54) is 24.3 Å². The molecule has 3 aromatic rings. The van der Waals surface area contributed by atoms with Crippen LogP contribution < -0.4 is 19.5 Å². The van der Waals surface area contributed by atoms with Crippen molar-refractivity contribution >= 4 is 15.8 Å². The van der Waals surface area contributed by atoms with Crippen LogP contribution in [0, 0.1) is 6.92 Å². The summed E-state index contributed by atoms with van der Waals surface area (Å²) in [6.07, 6.45) is 1.55. The van der Waals surface area contributed by atoms with Gasteiger partial charge >= 0.3 is 0 Å². The predicted octanol–water partition coefficient (Wildman–Crippen LogP) is 5.00. The summed E-state index contributed by atoms with van der Waals surface area (Å²) in [5.74, 6) is -1.79. The van der Waals surface area contributed by atoms with E-state index in [1.807, 2.05) is 13.0 Å². The molecule has 0 unspecified atom stereocenters. The minimum Gasteiger partial charge on any atom is -0.493 e. The Balaban J connectivity index is 1.83. The molecule has 7 nitrogen and oxygen atoms in total. The number of aryl methyl sites for hydroxylation is 1. The van der Waals surface area contributed by atoms with Gasteiger partial charge in [-0.05, 0) is 48.7 Å². The number of ether oxygens (including phenoxy) is 2. The Labute approximate surface area is 204 Å². The molecular weight excluding hydrogens is 476 g/mol. The highest BCUT2D eigenvalue weighted by Gasteiger charge is 2.28. The molecule has 188 valence electrons. The van der Waals surface area contributed by atoms with Gasteiger partial charge in [0, 0.05) is 31.8 Å². The van der Waals surface area contributed by atoms with Crippen LogP contribution in [0.4, 0.5) is 14.6 Å². The molecule has 1 heterocycles. The monoisotopic (exact) mass is 505 g/mol. The van der Waals surface area contributed by atoms with E-state index in [0.29, 0.717) is 23.7 Å². The molecule has 0 aliphatic carbocycles. The second-order valence-corrected chi connectivity index (χ2v) is 9.74. The third kappa shape index (κ3) is 6.67. The Morgan fingerprint density at radius 1 is 1.06 bits per heavy atom.